The van der Waals surface area contributed by atoms with Crippen LogP contribution in [0.4, 0.5) is 0 Å². The van der Waals surface area contributed by atoms with Crippen LogP contribution < -0.4 is 11.1 Å². The van der Waals surface area contributed by atoms with Gasteiger partial charge in [-0.3, -0.25) is 9.59 Å². The van der Waals surface area contributed by atoms with E-state index in [0.717, 1.165) is 0 Å². The van der Waals surface area contributed by atoms with Gasteiger partial charge < -0.3 is 16.2 Å². The van der Waals surface area contributed by atoms with Gasteiger partial charge in [-0.2, -0.15) is 5.10 Å². The van der Waals surface area contributed by atoms with Crippen molar-refractivity contribution in [3.8, 4) is 0 Å². The Hall–Kier alpha value is -2.90. The molecular weight excluding hydrogens is 264 g/mol. The first-order valence-corrected chi connectivity index (χ1v) is 5.73. The van der Waals surface area contributed by atoms with Crippen LogP contribution in [0.15, 0.2) is 30.6 Å². The Balaban J connectivity index is 2.22. The second-order valence-corrected chi connectivity index (χ2v) is 4.12. The van der Waals surface area contributed by atoms with E-state index in [1.165, 1.54) is 10.7 Å². The summed E-state index contributed by atoms with van der Waals surface area (Å²) in [6, 6.07) is 3.78. The highest BCUT2D eigenvalue weighted by Gasteiger charge is 2.24. The SMILES string of the molecule is NC(=O)C[C@@H](NC(=O)c1cnn2ccccc12)C(=O)O. The molecule has 1 atom stereocenters. The molecule has 2 heterocycles. The number of nitrogens with two attached hydrogens (primary N) is 1. The zero-order chi connectivity index (χ0) is 14.7. The van der Waals surface area contributed by atoms with Crippen LogP contribution in [-0.2, 0) is 9.59 Å². The molecule has 0 spiro atoms. The number of carboxylic acids is 1. The van der Waals surface area contributed by atoms with Gasteiger partial charge in [0.1, 0.15) is 6.04 Å². The van der Waals surface area contributed by atoms with Gasteiger partial charge in [0.05, 0.1) is 23.7 Å². The molecule has 2 amide bonds. The van der Waals surface area contributed by atoms with Crippen molar-refractivity contribution in [2.75, 3.05) is 0 Å². The number of aliphatic carboxylic acids is 1. The lowest BCUT2D eigenvalue weighted by molar-refractivity contribution is -0.140. The molecule has 8 nitrogen and oxygen atoms in total. The van der Waals surface area contributed by atoms with Crippen LogP contribution in [-0.4, -0.2) is 38.5 Å². The standard InChI is InChI=1S/C12H12N4O4/c13-10(17)5-8(12(19)20)15-11(18)7-6-14-16-4-2-1-3-9(7)16/h1-4,6,8H,5H2,(H2,13,17)(H,15,18)(H,19,20)/t8-/m1/s1. The minimum Gasteiger partial charge on any atom is -0.480 e. The maximum atomic E-state index is 12.0. The molecule has 0 aromatic carbocycles. The third kappa shape index (κ3) is 2.74. The van der Waals surface area contributed by atoms with Gasteiger partial charge in [0.25, 0.3) is 5.91 Å². The summed E-state index contributed by atoms with van der Waals surface area (Å²) < 4.78 is 1.48. The monoisotopic (exact) mass is 276 g/mol. The van der Waals surface area contributed by atoms with E-state index in [1.54, 1.807) is 24.4 Å². The highest BCUT2D eigenvalue weighted by Crippen LogP contribution is 2.10. The fraction of sp³-hybridized carbons (Fsp3) is 0.167. The number of hydrogen-bond acceptors (Lipinski definition) is 4. The van der Waals surface area contributed by atoms with Crippen LogP contribution in [0.5, 0.6) is 0 Å². The molecular formula is C12H12N4O4. The average Bonchev–Trinajstić information content (AvgIpc) is 2.81. The highest BCUT2D eigenvalue weighted by molar-refractivity contribution is 6.02. The molecule has 0 fully saturated rings. The highest BCUT2D eigenvalue weighted by atomic mass is 16.4. The van der Waals surface area contributed by atoms with E-state index in [0.29, 0.717) is 5.52 Å². The van der Waals surface area contributed by atoms with Crippen molar-refractivity contribution in [2.24, 2.45) is 5.73 Å². The molecule has 8 heteroatoms. The van der Waals surface area contributed by atoms with Gasteiger partial charge in [-0.25, -0.2) is 9.31 Å². The molecule has 104 valence electrons. The van der Waals surface area contributed by atoms with Crippen molar-refractivity contribution in [2.45, 2.75) is 12.5 Å². The van der Waals surface area contributed by atoms with Crippen molar-refractivity contribution in [1.82, 2.24) is 14.9 Å². The van der Waals surface area contributed by atoms with Crippen LogP contribution in [0, 0.1) is 0 Å². The number of nitrogens with one attached hydrogen (secondary N) is 1. The maximum absolute atomic E-state index is 12.0. The Labute approximate surface area is 113 Å². The number of pyridine rings is 1. The summed E-state index contributed by atoms with van der Waals surface area (Å²) >= 11 is 0. The number of carboxylic acid groups (broad SMARTS) is 1. The molecule has 2 aromatic rings. The lowest BCUT2D eigenvalue weighted by atomic mass is 10.1. The predicted octanol–water partition coefficient (Wildman–Crippen LogP) is -0.607. The molecule has 0 bridgehead atoms. The van der Waals surface area contributed by atoms with E-state index in [-0.39, 0.29) is 5.56 Å². The summed E-state index contributed by atoms with van der Waals surface area (Å²) in [6.45, 7) is 0. The zero-order valence-electron chi connectivity index (χ0n) is 10.3. The number of rotatable bonds is 5. The van der Waals surface area contributed by atoms with Crippen LogP contribution >= 0.6 is 0 Å². The van der Waals surface area contributed by atoms with Crippen molar-refractivity contribution in [3.63, 3.8) is 0 Å². The van der Waals surface area contributed by atoms with Crippen LogP contribution in [0.25, 0.3) is 5.52 Å². The van der Waals surface area contributed by atoms with E-state index < -0.39 is 30.2 Å². The third-order valence-electron chi connectivity index (χ3n) is 2.68. The summed E-state index contributed by atoms with van der Waals surface area (Å²) in [7, 11) is 0. The van der Waals surface area contributed by atoms with Crippen LogP contribution in [0.3, 0.4) is 0 Å². The van der Waals surface area contributed by atoms with Crippen LogP contribution in [0.1, 0.15) is 16.8 Å². The average molecular weight is 276 g/mol. The molecule has 4 N–H and O–H groups in total. The van der Waals surface area contributed by atoms with E-state index in [1.807, 2.05) is 0 Å². The maximum Gasteiger partial charge on any atom is 0.326 e. The largest absolute Gasteiger partial charge is 0.480 e. The number of primary amides is 1. The van der Waals surface area contributed by atoms with Crippen molar-refractivity contribution < 1.29 is 19.5 Å². The van der Waals surface area contributed by atoms with E-state index in [2.05, 4.69) is 10.4 Å². The summed E-state index contributed by atoms with van der Waals surface area (Å²) in [6.07, 6.45) is 2.51. The van der Waals surface area contributed by atoms with Gasteiger partial charge in [0.15, 0.2) is 0 Å². The Kier molecular flexibility index (Phi) is 3.65. The summed E-state index contributed by atoms with van der Waals surface area (Å²) in [5, 5.41) is 15.2. The summed E-state index contributed by atoms with van der Waals surface area (Å²) in [4.78, 5) is 33.8. The Morgan fingerprint density at radius 1 is 1.40 bits per heavy atom. The van der Waals surface area contributed by atoms with Gasteiger partial charge in [-0.15, -0.1) is 0 Å². The fourth-order valence-corrected chi connectivity index (χ4v) is 1.75. The number of carbonyl (C=O) groups excluding carboxylic acids is 2. The van der Waals surface area contributed by atoms with Gasteiger partial charge in [0.2, 0.25) is 5.91 Å². The van der Waals surface area contributed by atoms with Gasteiger partial charge >= 0.3 is 5.97 Å². The van der Waals surface area contributed by atoms with Gasteiger partial charge in [-0.1, -0.05) is 6.07 Å². The van der Waals surface area contributed by atoms with E-state index >= 15 is 0 Å². The molecule has 0 radical (unpaired) electrons. The smallest absolute Gasteiger partial charge is 0.326 e. The summed E-state index contributed by atoms with van der Waals surface area (Å²) in [5.74, 6) is -2.76. The third-order valence-corrected chi connectivity index (χ3v) is 2.68. The number of aromatic nitrogens is 2. The van der Waals surface area contributed by atoms with E-state index in [4.69, 9.17) is 10.8 Å². The van der Waals surface area contributed by atoms with Gasteiger partial charge in [-0.05, 0) is 12.1 Å². The zero-order valence-corrected chi connectivity index (χ0v) is 10.3. The topological polar surface area (TPSA) is 127 Å². The van der Waals surface area contributed by atoms with E-state index in [9.17, 15) is 14.4 Å². The first kappa shape index (κ1) is 13.5. The Bertz CT molecular complexity index is 679. The van der Waals surface area contributed by atoms with Crippen molar-refractivity contribution >= 4 is 23.3 Å². The molecule has 20 heavy (non-hydrogen) atoms. The predicted molar refractivity (Wildman–Crippen MR) is 67.9 cm³/mol. The van der Waals surface area contributed by atoms with Gasteiger partial charge in [0, 0.05) is 6.20 Å². The molecule has 0 aliphatic rings. The molecule has 0 saturated heterocycles. The first-order valence-electron chi connectivity index (χ1n) is 5.73. The van der Waals surface area contributed by atoms with Crippen LogP contribution in [0.2, 0.25) is 0 Å². The number of carbonyl (C=O) groups is 3. The minimum atomic E-state index is -1.36. The molecule has 2 rings (SSSR count). The molecule has 0 aliphatic carbocycles. The normalized spacial score (nSPS) is 12.0. The molecule has 2 aromatic heterocycles. The molecule has 0 unspecified atom stereocenters. The number of nitrogens with zero attached hydrogens (tertiary/aromatic N) is 2. The Morgan fingerprint density at radius 2 is 2.15 bits per heavy atom. The number of amides is 2. The lowest BCUT2D eigenvalue weighted by Gasteiger charge is -2.12. The second-order valence-electron chi connectivity index (χ2n) is 4.12. The minimum absolute atomic E-state index is 0.223. The van der Waals surface area contributed by atoms with Crippen molar-refractivity contribution in [3.05, 3.63) is 36.2 Å². The second kappa shape index (κ2) is 5.39. The van der Waals surface area contributed by atoms with Crippen molar-refractivity contribution in [1.29, 1.82) is 0 Å². The quantitative estimate of drug-likeness (QED) is 0.671. The number of fused-ring (bicyclic) bond motifs is 1. The number of hydrogen-bond donors (Lipinski definition) is 3. The fourth-order valence-electron chi connectivity index (χ4n) is 1.75. The molecule has 0 aliphatic heterocycles. The Morgan fingerprint density at radius 3 is 2.80 bits per heavy atom. The lowest BCUT2D eigenvalue weighted by Crippen LogP contribution is -2.43. The first-order chi connectivity index (χ1) is 9.49. The summed E-state index contributed by atoms with van der Waals surface area (Å²) in [5.41, 5.74) is 5.70. The molecule has 0 saturated carbocycles.